The van der Waals surface area contributed by atoms with E-state index >= 15 is 0 Å². The molecule has 3 amide bonds. The molecule has 1 unspecified atom stereocenters. The van der Waals surface area contributed by atoms with Gasteiger partial charge in [-0.15, -0.1) is 0 Å². The number of amides is 3. The highest BCUT2D eigenvalue weighted by molar-refractivity contribution is 6.30. The first-order valence-corrected chi connectivity index (χ1v) is 10.8. The summed E-state index contributed by atoms with van der Waals surface area (Å²) in [6.45, 7) is 1.45. The highest BCUT2D eigenvalue weighted by Gasteiger charge is 2.51. The van der Waals surface area contributed by atoms with Crippen molar-refractivity contribution in [3.63, 3.8) is 0 Å². The third-order valence-corrected chi connectivity index (χ3v) is 6.06. The zero-order valence-electron chi connectivity index (χ0n) is 17.3. The minimum Gasteiger partial charge on any atom is -0.372 e. The van der Waals surface area contributed by atoms with E-state index in [0.29, 0.717) is 29.9 Å². The number of carbonyl (C=O) groups excluding carboxylic acids is 3. The Morgan fingerprint density at radius 2 is 1.88 bits per heavy atom. The van der Waals surface area contributed by atoms with E-state index in [1.165, 1.54) is 17.0 Å². The van der Waals surface area contributed by atoms with Crippen LogP contribution in [0.15, 0.2) is 42.5 Å². The lowest BCUT2D eigenvalue weighted by molar-refractivity contribution is -0.149. The van der Waals surface area contributed by atoms with E-state index in [4.69, 9.17) is 11.6 Å². The predicted molar refractivity (Wildman–Crippen MR) is 117 cm³/mol. The number of aliphatic hydroxyl groups is 1. The lowest BCUT2D eigenvalue weighted by Crippen LogP contribution is -2.52. The molecular weight excluding hydrogens is 437 g/mol. The van der Waals surface area contributed by atoms with Crippen LogP contribution in [0.2, 0.25) is 5.02 Å². The minimum atomic E-state index is -2.24. The largest absolute Gasteiger partial charge is 0.372 e. The lowest BCUT2D eigenvalue weighted by Gasteiger charge is -2.22. The van der Waals surface area contributed by atoms with E-state index in [-0.39, 0.29) is 30.4 Å². The quantitative estimate of drug-likeness (QED) is 0.672. The van der Waals surface area contributed by atoms with Crippen LogP contribution in [0.5, 0.6) is 0 Å². The summed E-state index contributed by atoms with van der Waals surface area (Å²) in [6.07, 6.45) is 1.84. The summed E-state index contributed by atoms with van der Waals surface area (Å²) in [7, 11) is 0. The number of halogens is 2. The van der Waals surface area contributed by atoms with Gasteiger partial charge in [-0.2, -0.15) is 0 Å². The number of rotatable bonds is 5. The maximum atomic E-state index is 13.5. The molecule has 2 aliphatic heterocycles. The molecule has 0 saturated carbocycles. The molecule has 2 aromatic carbocycles. The van der Waals surface area contributed by atoms with E-state index in [0.717, 1.165) is 18.9 Å². The Hall–Kier alpha value is -2.97. The van der Waals surface area contributed by atoms with Crippen molar-refractivity contribution in [3.8, 4) is 0 Å². The average Bonchev–Trinajstić information content (AvgIpc) is 3.40. The Morgan fingerprint density at radius 1 is 1.12 bits per heavy atom. The van der Waals surface area contributed by atoms with Crippen molar-refractivity contribution in [1.82, 2.24) is 10.2 Å². The number of carbonyl (C=O) groups is 3. The number of hydrogen-bond donors (Lipinski definition) is 2. The molecule has 168 valence electrons. The molecule has 0 radical (unpaired) electrons. The molecule has 2 saturated heterocycles. The topological polar surface area (TPSA) is 90.0 Å². The van der Waals surface area contributed by atoms with Crippen molar-refractivity contribution >= 4 is 35.0 Å². The Balaban J connectivity index is 1.46. The fraction of sp³-hybridized carbons (Fsp3) is 0.348. The summed E-state index contributed by atoms with van der Waals surface area (Å²) in [5.74, 6) is -2.28. The maximum Gasteiger partial charge on any atom is 0.268 e. The summed E-state index contributed by atoms with van der Waals surface area (Å²) in [4.78, 5) is 41.4. The van der Waals surface area contributed by atoms with Gasteiger partial charge >= 0.3 is 0 Å². The highest BCUT2D eigenvalue weighted by Crippen LogP contribution is 2.30. The van der Waals surface area contributed by atoms with Gasteiger partial charge in [0.05, 0.1) is 0 Å². The standard InChI is InChI=1S/C23H23ClFN3O4/c24-17-10-15(11-18(25)13-17)14-26-21(30)23(32)6-9-28(22(23)31)19-5-3-4-16(12-19)20(29)27-7-1-2-8-27/h3-5,10-13,32H,1-2,6-9,14H2,(H,26,30). The maximum absolute atomic E-state index is 13.5. The first kappa shape index (κ1) is 22.2. The normalized spacial score (nSPS) is 20.7. The molecule has 2 N–H and O–H groups in total. The van der Waals surface area contributed by atoms with Crippen molar-refractivity contribution in [2.24, 2.45) is 0 Å². The van der Waals surface area contributed by atoms with Gasteiger partial charge in [-0.1, -0.05) is 17.7 Å². The summed E-state index contributed by atoms with van der Waals surface area (Å²) >= 11 is 5.82. The Kier molecular flexibility index (Phi) is 6.17. The van der Waals surface area contributed by atoms with E-state index in [2.05, 4.69) is 5.32 Å². The van der Waals surface area contributed by atoms with Gasteiger partial charge in [0.25, 0.3) is 17.7 Å². The van der Waals surface area contributed by atoms with Gasteiger partial charge in [0.2, 0.25) is 5.60 Å². The van der Waals surface area contributed by atoms with E-state index < -0.39 is 23.2 Å². The fourth-order valence-corrected chi connectivity index (χ4v) is 4.36. The number of nitrogens with zero attached hydrogens (tertiary/aromatic N) is 2. The number of nitrogens with one attached hydrogen (secondary N) is 1. The molecule has 2 aliphatic rings. The number of benzene rings is 2. The van der Waals surface area contributed by atoms with Gasteiger partial charge in [-0.25, -0.2) is 4.39 Å². The van der Waals surface area contributed by atoms with Gasteiger partial charge in [0.1, 0.15) is 5.82 Å². The molecule has 7 nitrogen and oxygen atoms in total. The van der Waals surface area contributed by atoms with Crippen molar-refractivity contribution < 1.29 is 23.9 Å². The van der Waals surface area contributed by atoms with Crippen LogP contribution in [-0.4, -0.2) is 53.0 Å². The third-order valence-electron chi connectivity index (χ3n) is 5.85. The van der Waals surface area contributed by atoms with Gasteiger partial charge in [-0.3, -0.25) is 14.4 Å². The second-order valence-electron chi connectivity index (χ2n) is 8.08. The van der Waals surface area contributed by atoms with E-state index in [1.807, 2.05) is 0 Å². The molecule has 0 bridgehead atoms. The summed E-state index contributed by atoms with van der Waals surface area (Å²) in [6, 6.07) is 10.5. The molecule has 0 aliphatic carbocycles. The first-order chi connectivity index (χ1) is 15.3. The van der Waals surface area contributed by atoms with E-state index in [1.54, 1.807) is 29.2 Å². The van der Waals surface area contributed by atoms with Gasteiger partial charge < -0.3 is 20.2 Å². The van der Waals surface area contributed by atoms with Crippen molar-refractivity contribution in [2.45, 2.75) is 31.4 Å². The summed E-state index contributed by atoms with van der Waals surface area (Å²) in [5, 5.41) is 13.5. The van der Waals surface area contributed by atoms with Crippen molar-refractivity contribution in [3.05, 3.63) is 64.4 Å². The molecular formula is C23H23ClFN3O4. The van der Waals surface area contributed by atoms with E-state index in [9.17, 15) is 23.9 Å². The molecule has 0 aromatic heterocycles. The zero-order chi connectivity index (χ0) is 22.9. The van der Waals surface area contributed by atoms with Crippen LogP contribution >= 0.6 is 11.6 Å². The first-order valence-electron chi connectivity index (χ1n) is 10.4. The number of likely N-dealkylation sites (tertiary alicyclic amines) is 1. The van der Waals surface area contributed by atoms with Crippen LogP contribution in [0.25, 0.3) is 0 Å². The fourth-order valence-electron chi connectivity index (χ4n) is 4.11. The van der Waals surface area contributed by atoms with Crippen molar-refractivity contribution in [2.75, 3.05) is 24.5 Å². The SMILES string of the molecule is O=C(c1cccc(N2CCC(O)(C(=O)NCc3cc(F)cc(Cl)c3)C2=O)c1)N1CCCC1. The van der Waals surface area contributed by atoms with Gasteiger partial charge in [-0.05, 0) is 54.8 Å². The lowest BCUT2D eigenvalue weighted by atomic mass is 10.0. The van der Waals surface area contributed by atoms with Crippen molar-refractivity contribution in [1.29, 1.82) is 0 Å². The average molecular weight is 460 g/mol. The minimum absolute atomic E-state index is 0.0915. The Labute approximate surface area is 189 Å². The molecule has 9 heteroatoms. The highest BCUT2D eigenvalue weighted by atomic mass is 35.5. The van der Waals surface area contributed by atoms with Gasteiger partial charge in [0.15, 0.2) is 0 Å². The van der Waals surface area contributed by atoms with Crippen LogP contribution in [0.4, 0.5) is 10.1 Å². The Morgan fingerprint density at radius 3 is 2.59 bits per heavy atom. The molecule has 2 aromatic rings. The molecule has 4 rings (SSSR count). The van der Waals surface area contributed by atoms with Gasteiger partial charge in [0, 0.05) is 48.9 Å². The van der Waals surface area contributed by atoms with Crippen LogP contribution < -0.4 is 10.2 Å². The van der Waals surface area contributed by atoms with Crippen LogP contribution in [0, 0.1) is 5.82 Å². The monoisotopic (exact) mass is 459 g/mol. The Bertz CT molecular complexity index is 1050. The second kappa shape index (κ2) is 8.88. The third kappa shape index (κ3) is 4.33. The summed E-state index contributed by atoms with van der Waals surface area (Å²) < 4.78 is 13.5. The molecule has 0 spiro atoms. The van der Waals surface area contributed by atoms with Crippen LogP contribution in [0.1, 0.15) is 35.2 Å². The zero-order valence-corrected chi connectivity index (χ0v) is 18.1. The second-order valence-corrected chi connectivity index (χ2v) is 8.51. The predicted octanol–water partition coefficient (Wildman–Crippen LogP) is 2.50. The van der Waals surface area contributed by atoms with Crippen LogP contribution in [-0.2, 0) is 16.1 Å². The molecule has 32 heavy (non-hydrogen) atoms. The summed E-state index contributed by atoms with van der Waals surface area (Å²) in [5.41, 5.74) is -0.936. The van der Waals surface area contributed by atoms with Crippen LogP contribution in [0.3, 0.4) is 0 Å². The number of anilines is 1. The smallest absolute Gasteiger partial charge is 0.268 e. The molecule has 2 heterocycles. The number of hydrogen-bond acceptors (Lipinski definition) is 4. The molecule has 2 fully saturated rings. The molecule has 1 atom stereocenters.